The zero-order chi connectivity index (χ0) is 11.7. The van der Waals surface area contributed by atoms with Gasteiger partial charge in [0.15, 0.2) is 0 Å². The first-order chi connectivity index (χ1) is 7.63. The highest BCUT2D eigenvalue weighted by Crippen LogP contribution is 2.35. The van der Waals surface area contributed by atoms with Crippen LogP contribution in [0.15, 0.2) is 18.2 Å². The van der Waals surface area contributed by atoms with Gasteiger partial charge in [0.05, 0.1) is 0 Å². The number of hydrogen-bond donors (Lipinski definition) is 1. The standard InChI is InChI=1S/C13H19FN2/c1-3-16(11-5-6-11)13-7-4-10(14)8-12(13)9(2)15/h4,7-9,11H,3,5-6,15H2,1-2H3. The lowest BCUT2D eigenvalue weighted by atomic mass is 10.1. The van der Waals surface area contributed by atoms with Crippen molar-refractivity contribution in [1.29, 1.82) is 0 Å². The van der Waals surface area contributed by atoms with Crippen molar-refractivity contribution >= 4 is 5.69 Å². The molecule has 88 valence electrons. The van der Waals surface area contributed by atoms with Crippen molar-refractivity contribution in [2.24, 2.45) is 5.73 Å². The van der Waals surface area contributed by atoms with Crippen molar-refractivity contribution < 1.29 is 4.39 Å². The second-order valence-electron chi connectivity index (χ2n) is 4.51. The fraction of sp³-hybridized carbons (Fsp3) is 0.538. The molecule has 2 N–H and O–H groups in total. The van der Waals surface area contributed by atoms with Crippen molar-refractivity contribution in [1.82, 2.24) is 0 Å². The van der Waals surface area contributed by atoms with Crippen LogP contribution in [-0.4, -0.2) is 12.6 Å². The van der Waals surface area contributed by atoms with E-state index in [4.69, 9.17) is 5.73 Å². The molecule has 2 rings (SSSR count). The maximum absolute atomic E-state index is 13.2. The van der Waals surface area contributed by atoms with E-state index in [-0.39, 0.29) is 11.9 Å². The summed E-state index contributed by atoms with van der Waals surface area (Å²) in [6, 6.07) is 5.44. The van der Waals surface area contributed by atoms with Gasteiger partial charge in [0.1, 0.15) is 5.82 Å². The molecule has 0 heterocycles. The van der Waals surface area contributed by atoms with Crippen molar-refractivity contribution in [3.8, 4) is 0 Å². The summed E-state index contributed by atoms with van der Waals surface area (Å²) in [6.07, 6.45) is 2.48. The van der Waals surface area contributed by atoms with Crippen LogP contribution in [0.25, 0.3) is 0 Å². The molecule has 2 nitrogen and oxygen atoms in total. The molecule has 1 unspecified atom stereocenters. The Morgan fingerprint density at radius 1 is 1.50 bits per heavy atom. The number of nitrogens with two attached hydrogens (primary N) is 1. The quantitative estimate of drug-likeness (QED) is 0.848. The molecule has 1 fully saturated rings. The van der Waals surface area contributed by atoms with Gasteiger partial charge in [-0.3, -0.25) is 0 Å². The molecule has 0 amide bonds. The van der Waals surface area contributed by atoms with Gasteiger partial charge in [-0.25, -0.2) is 4.39 Å². The van der Waals surface area contributed by atoms with Crippen LogP contribution in [0.5, 0.6) is 0 Å². The number of halogens is 1. The van der Waals surface area contributed by atoms with Crippen LogP contribution in [0, 0.1) is 5.82 Å². The molecule has 1 saturated carbocycles. The number of benzene rings is 1. The van der Waals surface area contributed by atoms with E-state index in [0.29, 0.717) is 6.04 Å². The highest BCUT2D eigenvalue weighted by atomic mass is 19.1. The highest BCUT2D eigenvalue weighted by Gasteiger charge is 2.29. The Morgan fingerprint density at radius 2 is 2.19 bits per heavy atom. The minimum Gasteiger partial charge on any atom is -0.369 e. The third-order valence-corrected chi connectivity index (χ3v) is 3.12. The summed E-state index contributed by atoms with van der Waals surface area (Å²) in [5, 5.41) is 0. The van der Waals surface area contributed by atoms with Crippen LogP contribution in [0.4, 0.5) is 10.1 Å². The average molecular weight is 222 g/mol. The van der Waals surface area contributed by atoms with E-state index >= 15 is 0 Å². The van der Waals surface area contributed by atoms with Crippen LogP contribution in [0.3, 0.4) is 0 Å². The van der Waals surface area contributed by atoms with Crippen LogP contribution >= 0.6 is 0 Å². The first-order valence-corrected chi connectivity index (χ1v) is 5.95. The summed E-state index contributed by atoms with van der Waals surface area (Å²) in [5.74, 6) is -0.206. The molecule has 0 saturated heterocycles. The van der Waals surface area contributed by atoms with Gasteiger partial charge in [-0.1, -0.05) is 0 Å². The van der Waals surface area contributed by atoms with Crippen molar-refractivity contribution in [2.45, 2.75) is 38.8 Å². The largest absolute Gasteiger partial charge is 0.369 e. The van der Waals surface area contributed by atoms with E-state index in [1.165, 1.54) is 18.9 Å². The Balaban J connectivity index is 2.37. The molecule has 16 heavy (non-hydrogen) atoms. The summed E-state index contributed by atoms with van der Waals surface area (Å²) < 4.78 is 13.2. The minimum atomic E-state index is -0.206. The molecule has 0 bridgehead atoms. The van der Waals surface area contributed by atoms with Crippen LogP contribution < -0.4 is 10.6 Å². The summed E-state index contributed by atoms with van der Waals surface area (Å²) >= 11 is 0. The molecule has 1 atom stereocenters. The molecule has 0 spiro atoms. The normalized spacial score (nSPS) is 17.2. The van der Waals surface area contributed by atoms with E-state index < -0.39 is 0 Å². The Kier molecular flexibility index (Phi) is 3.15. The molecule has 1 aliphatic rings. The van der Waals surface area contributed by atoms with Crippen molar-refractivity contribution in [2.75, 3.05) is 11.4 Å². The SMILES string of the molecule is CCN(c1ccc(F)cc1C(C)N)C1CC1. The van der Waals surface area contributed by atoms with E-state index in [1.54, 1.807) is 6.07 Å². The van der Waals surface area contributed by atoms with Crippen LogP contribution in [0.2, 0.25) is 0 Å². The first-order valence-electron chi connectivity index (χ1n) is 5.95. The highest BCUT2D eigenvalue weighted by molar-refractivity contribution is 5.56. The zero-order valence-corrected chi connectivity index (χ0v) is 9.91. The molecule has 0 radical (unpaired) electrons. The van der Waals surface area contributed by atoms with Gasteiger partial charge >= 0.3 is 0 Å². The number of rotatable bonds is 4. The fourth-order valence-electron chi connectivity index (χ4n) is 2.16. The second kappa shape index (κ2) is 4.42. The van der Waals surface area contributed by atoms with E-state index in [2.05, 4.69) is 11.8 Å². The fourth-order valence-corrected chi connectivity index (χ4v) is 2.16. The Hall–Kier alpha value is -1.09. The van der Waals surface area contributed by atoms with E-state index in [1.807, 2.05) is 13.0 Å². The lowest BCUT2D eigenvalue weighted by molar-refractivity contribution is 0.621. The molecule has 1 aromatic rings. The van der Waals surface area contributed by atoms with E-state index in [0.717, 1.165) is 17.8 Å². The Labute approximate surface area is 96.2 Å². The lowest BCUT2D eigenvalue weighted by Crippen LogP contribution is -2.27. The molecular weight excluding hydrogens is 203 g/mol. The summed E-state index contributed by atoms with van der Waals surface area (Å²) in [6.45, 7) is 4.99. The topological polar surface area (TPSA) is 29.3 Å². The van der Waals surface area contributed by atoms with Gasteiger partial charge < -0.3 is 10.6 Å². The Morgan fingerprint density at radius 3 is 2.69 bits per heavy atom. The van der Waals surface area contributed by atoms with Crippen molar-refractivity contribution in [3.63, 3.8) is 0 Å². The molecular formula is C13H19FN2. The monoisotopic (exact) mass is 222 g/mol. The molecule has 1 aliphatic carbocycles. The predicted octanol–water partition coefficient (Wildman–Crippen LogP) is 2.83. The summed E-state index contributed by atoms with van der Waals surface area (Å²) in [5.41, 5.74) is 7.91. The first kappa shape index (κ1) is 11.4. The minimum absolute atomic E-state index is 0.126. The van der Waals surface area contributed by atoms with Gasteiger partial charge in [-0.15, -0.1) is 0 Å². The smallest absolute Gasteiger partial charge is 0.123 e. The summed E-state index contributed by atoms with van der Waals surface area (Å²) in [4.78, 5) is 2.33. The van der Waals surface area contributed by atoms with Gasteiger partial charge in [0.2, 0.25) is 0 Å². The number of nitrogens with zero attached hydrogens (tertiary/aromatic N) is 1. The molecule has 0 aromatic heterocycles. The molecule has 0 aliphatic heterocycles. The maximum atomic E-state index is 13.2. The predicted molar refractivity (Wildman–Crippen MR) is 65.0 cm³/mol. The maximum Gasteiger partial charge on any atom is 0.123 e. The average Bonchev–Trinajstić information content (AvgIpc) is 3.05. The van der Waals surface area contributed by atoms with Crippen LogP contribution in [-0.2, 0) is 0 Å². The molecule has 3 heteroatoms. The lowest BCUT2D eigenvalue weighted by Gasteiger charge is -2.26. The summed E-state index contributed by atoms with van der Waals surface area (Å²) in [7, 11) is 0. The second-order valence-corrected chi connectivity index (χ2v) is 4.51. The van der Waals surface area contributed by atoms with Gasteiger partial charge in [-0.2, -0.15) is 0 Å². The van der Waals surface area contributed by atoms with Gasteiger partial charge in [0, 0.05) is 24.3 Å². The van der Waals surface area contributed by atoms with Crippen molar-refractivity contribution in [3.05, 3.63) is 29.6 Å². The van der Waals surface area contributed by atoms with Gasteiger partial charge in [-0.05, 0) is 50.5 Å². The number of anilines is 1. The van der Waals surface area contributed by atoms with Crippen LogP contribution in [0.1, 0.15) is 38.3 Å². The third kappa shape index (κ3) is 2.19. The number of hydrogen-bond acceptors (Lipinski definition) is 2. The third-order valence-electron chi connectivity index (χ3n) is 3.12. The van der Waals surface area contributed by atoms with E-state index in [9.17, 15) is 4.39 Å². The van der Waals surface area contributed by atoms with Gasteiger partial charge in [0.25, 0.3) is 0 Å². The zero-order valence-electron chi connectivity index (χ0n) is 9.91. The molecule has 1 aromatic carbocycles. The Bertz CT molecular complexity index is 372.